The van der Waals surface area contributed by atoms with Crippen molar-refractivity contribution in [2.45, 2.75) is 71.2 Å². The molecule has 2 aromatic rings. The highest BCUT2D eigenvalue weighted by Crippen LogP contribution is 2.36. The highest BCUT2D eigenvalue weighted by Gasteiger charge is 2.28. The maximum Gasteiger partial charge on any atom is 0.271 e. The van der Waals surface area contributed by atoms with Gasteiger partial charge in [0.05, 0.1) is 0 Å². The van der Waals surface area contributed by atoms with Crippen LogP contribution in [0.4, 0.5) is 0 Å². The maximum absolute atomic E-state index is 12.4. The van der Waals surface area contributed by atoms with Crippen LogP contribution >= 0.6 is 11.8 Å². The van der Waals surface area contributed by atoms with E-state index >= 15 is 0 Å². The molecule has 6 heteroatoms. The third-order valence-corrected chi connectivity index (χ3v) is 6.57. The number of nitrogens with one attached hydrogen (secondary N) is 1. The van der Waals surface area contributed by atoms with E-state index in [1.54, 1.807) is 11.8 Å². The van der Waals surface area contributed by atoms with E-state index in [-0.39, 0.29) is 5.91 Å². The Morgan fingerprint density at radius 3 is 2.27 bits per heavy atom. The van der Waals surface area contributed by atoms with Gasteiger partial charge in [-0.05, 0) is 74.6 Å². The zero-order valence-electron chi connectivity index (χ0n) is 18.7. The molecule has 0 aliphatic heterocycles. The summed E-state index contributed by atoms with van der Waals surface area (Å²) in [5, 5.41) is 5.17. The molecule has 0 bridgehead atoms. The number of carbonyl (C=O) groups is 1. The van der Waals surface area contributed by atoms with Crippen molar-refractivity contribution in [1.29, 1.82) is 0 Å². The fraction of sp³-hybridized carbons (Fsp3) is 0.500. The highest BCUT2D eigenvalue weighted by molar-refractivity contribution is 7.98. The number of benzene rings is 1. The van der Waals surface area contributed by atoms with Crippen molar-refractivity contribution in [3.05, 3.63) is 52.8 Å². The number of thioether (sulfide) groups is 1. The van der Waals surface area contributed by atoms with Crippen LogP contribution < -0.4 is 5.43 Å². The highest BCUT2D eigenvalue weighted by atomic mass is 32.2. The first-order valence-electron chi connectivity index (χ1n) is 10.6. The van der Waals surface area contributed by atoms with Crippen LogP contribution in [0.3, 0.4) is 0 Å². The Kier molecular flexibility index (Phi) is 7.29. The van der Waals surface area contributed by atoms with Crippen LogP contribution in [0.5, 0.6) is 0 Å². The molecule has 0 unspecified atom stereocenters. The normalized spacial score (nSPS) is 17.0. The topological polar surface area (TPSA) is 67.2 Å². The predicted octanol–water partition coefficient (Wildman–Crippen LogP) is 5.71. The van der Waals surface area contributed by atoms with E-state index < -0.39 is 0 Å². The lowest BCUT2D eigenvalue weighted by molar-refractivity contribution is 0.0954. The van der Waals surface area contributed by atoms with Gasteiger partial charge >= 0.3 is 0 Å². The Morgan fingerprint density at radius 2 is 1.70 bits per heavy atom. The smallest absolute Gasteiger partial charge is 0.267 e. The number of amides is 1. The lowest BCUT2D eigenvalue weighted by Crippen LogP contribution is -2.27. The average Bonchev–Trinajstić information content (AvgIpc) is 2.70. The largest absolute Gasteiger partial charge is 0.271 e. The number of hydrogen-bond acceptors (Lipinski definition) is 5. The molecule has 1 aromatic heterocycles. The fourth-order valence-electron chi connectivity index (χ4n) is 3.78. The number of hydrogen-bond donors (Lipinski definition) is 1. The Bertz CT molecular complexity index is 886. The van der Waals surface area contributed by atoms with Crippen molar-refractivity contribution in [1.82, 2.24) is 15.4 Å². The minimum absolute atomic E-state index is 0.155. The second kappa shape index (κ2) is 9.73. The number of rotatable bonds is 5. The van der Waals surface area contributed by atoms with Crippen LogP contribution in [-0.4, -0.2) is 21.6 Å². The Hall–Kier alpha value is -2.21. The van der Waals surface area contributed by atoms with E-state index in [2.05, 4.69) is 41.3 Å². The molecule has 1 aliphatic carbocycles. The first kappa shape index (κ1) is 22.5. The van der Waals surface area contributed by atoms with Gasteiger partial charge in [-0.15, -0.1) is 0 Å². The molecule has 30 heavy (non-hydrogen) atoms. The number of hydrazone groups is 1. The quantitative estimate of drug-likeness (QED) is 0.379. The Balaban J connectivity index is 1.50. The van der Waals surface area contributed by atoms with Crippen LogP contribution in [0.25, 0.3) is 0 Å². The minimum atomic E-state index is -0.155. The lowest BCUT2D eigenvalue weighted by Gasteiger charge is -2.34. The van der Waals surface area contributed by atoms with E-state index in [0.29, 0.717) is 11.0 Å². The molecule has 1 saturated carbocycles. The molecule has 0 spiro atoms. The van der Waals surface area contributed by atoms with E-state index in [1.807, 2.05) is 44.2 Å². The third kappa shape index (κ3) is 6.39. The van der Waals surface area contributed by atoms with Crippen LogP contribution in [0, 0.1) is 25.2 Å². The minimum Gasteiger partial charge on any atom is -0.267 e. The van der Waals surface area contributed by atoms with E-state index in [9.17, 15) is 4.79 Å². The third-order valence-electron chi connectivity index (χ3n) is 5.65. The number of aryl methyl sites for hydroxylation is 2. The summed E-state index contributed by atoms with van der Waals surface area (Å²) in [6.45, 7) is 10.9. The van der Waals surface area contributed by atoms with Crippen LogP contribution in [-0.2, 0) is 5.75 Å². The van der Waals surface area contributed by atoms with Gasteiger partial charge in [0.2, 0.25) is 0 Å². The van der Waals surface area contributed by atoms with Gasteiger partial charge in [0.1, 0.15) is 0 Å². The van der Waals surface area contributed by atoms with Gasteiger partial charge in [-0.2, -0.15) is 5.10 Å². The molecule has 160 valence electrons. The summed E-state index contributed by atoms with van der Waals surface area (Å²) < 4.78 is 0. The van der Waals surface area contributed by atoms with Gasteiger partial charge in [-0.3, -0.25) is 4.79 Å². The Morgan fingerprint density at radius 1 is 1.10 bits per heavy atom. The first-order chi connectivity index (χ1) is 14.2. The molecular weight excluding hydrogens is 392 g/mol. The number of carbonyl (C=O) groups excluding carboxylic acids is 1. The molecule has 3 rings (SSSR count). The maximum atomic E-state index is 12.4. The summed E-state index contributed by atoms with van der Waals surface area (Å²) in [4.78, 5) is 21.3. The summed E-state index contributed by atoms with van der Waals surface area (Å²) in [6.07, 6.45) is 4.24. The summed E-state index contributed by atoms with van der Waals surface area (Å²) in [5.74, 6) is 1.34. The molecule has 0 saturated heterocycles. The fourth-order valence-corrected chi connectivity index (χ4v) is 4.69. The summed E-state index contributed by atoms with van der Waals surface area (Å²) >= 11 is 1.60. The van der Waals surface area contributed by atoms with Crippen LogP contribution in [0.15, 0.2) is 40.6 Å². The average molecular weight is 425 g/mol. The molecule has 5 nitrogen and oxygen atoms in total. The van der Waals surface area contributed by atoms with Crippen molar-refractivity contribution in [2.75, 3.05) is 0 Å². The summed E-state index contributed by atoms with van der Waals surface area (Å²) in [7, 11) is 0. The monoisotopic (exact) mass is 424 g/mol. The van der Waals surface area contributed by atoms with Gasteiger partial charge in [-0.25, -0.2) is 15.4 Å². The van der Waals surface area contributed by atoms with Crippen molar-refractivity contribution < 1.29 is 4.79 Å². The van der Waals surface area contributed by atoms with Gasteiger partial charge in [0.15, 0.2) is 5.16 Å². The second-order valence-corrected chi connectivity index (χ2v) is 10.1. The van der Waals surface area contributed by atoms with Crippen molar-refractivity contribution in [3.8, 4) is 0 Å². The van der Waals surface area contributed by atoms with Gasteiger partial charge in [0, 0.05) is 28.4 Å². The van der Waals surface area contributed by atoms with Crippen LogP contribution in [0.1, 0.15) is 73.8 Å². The molecule has 1 N–H and O–H groups in total. The van der Waals surface area contributed by atoms with Gasteiger partial charge in [-0.1, -0.05) is 44.7 Å². The summed E-state index contributed by atoms with van der Waals surface area (Å²) in [6, 6.07) is 9.63. The molecule has 1 aliphatic rings. The standard InChI is InChI=1S/C24H32N4OS/c1-16-14-17(2)26-23(25-16)30-15-18-6-8-19(9-7-18)22(29)28-27-21-12-10-20(11-13-21)24(3,4)5/h6-9,14,20H,10-13,15H2,1-5H3,(H,28,29). The van der Waals surface area contributed by atoms with Gasteiger partial charge in [0.25, 0.3) is 5.91 Å². The zero-order chi connectivity index (χ0) is 21.7. The number of aromatic nitrogens is 2. The Labute approximate surface area is 184 Å². The van der Waals surface area contributed by atoms with E-state index in [4.69, 9.17) is 0 Å². The van der Waals surface area contributed by atoms with Gasteiger partial charge < -0.3 is 0 Å². The van der Waals surface area contributed by atoms with Crippen molar-refractivity contribution in [2.24, 2.45) is 16.4 Å². The van der Waals surface area contributed by atoms with Crippen molar-refractivity contribution >= 4 is 23.4 Å². The number of nitrogens with zero attached hydrogens (tertiary/aromatic N) is 3. The molecule has 1 fully saturated rings. The van der Waals surface area contributed by atoms with Crippen LogP contribution in [0.2, 0.25) is 0 Å². The predicted molar refractivity (Wildman–Crippen MR) is 124 cm³/mol. The van der Waals surface area contributed by atoms with Crippen molar-refractivity contribution in [3.63, 3.8) is 0 Å². The first-order valence-corrected chi connectivity index (χ1v) is 11.6. The second-order valence-electron chi connectivity index (χ2n) is 9.18. The molecule has 1 aromatic carbocycles. The SMILES string of the molecule is Cc1cc(C)nc(SCc2ccc(C(=O)NN=C3CCC(C(C)(C)C)CC3)cc2)n1. The molecule has 1 amide bonds. The zero-order valence-corrected chi connectivity index (χ0v) is 19.5. The summed E-state index contributed by atoms with van der Waals surface area (Å²) in [5.41, 5.74) is 7.89. The molecule has 1 heterocycles. The molecular formula is C24H32N4OS. The van der Waals surface area contributed by atoms with E-state index in [0.717, 1.165) is 65.2 Å². The molecule has 0 atom stereocenters. The van der Waals surface area contributed by atoms with E-state index in [1.165, 1.54) is 0 Å². The molecule has 0 radical (unpaired) electrons. The lowest BCUT2D eigenvalue weighted by atomic mass is 9.72.